The third-order valence-corrected chi connectivity index (χ3v) is 5.69. The maximum atomic E-state index is 6.14. The van der Waals surface area contributed by atoms with Gasteiger partial charge < -0.3 is 9.47 Å². The van der Waals surface area contributed by atoms with Crippen LogP contribution in [0.3, 0.4) is 0 Å². The molecular weight excluding hydrogens is 404 g/mol. The molecule has 1 atom stereocenters. The van der Waals surface area contributed by atoms with Crippen LogP contribution in [0.2, 0.25) is 0 Å². The van der Waals surface area contributed by atoms with Crippen molar-refractivity contribution in [1.29, 1.82) is 0 Å². The van der Waals surface area contributed by atoms with Gasteiger partial charge in [-0.25, -0.2) is 0 Å². The molecule has 5 heteroatoms. The monoisotopic (exact) mass is 428 g/mol. The molecule has 2 aromatic rings. The molecule has 142 valence electrons. The Kier molecular flexibility index (Phi) is 6.10. The lowest BCUT2D eigenvalue weighted by atomic mass is 9.97. The summed E-state index contributed by atoms with van der Waals surface area (Å²) in [5.74, 6) is 2.36. The predicted octanol–water partition coefficient (Wildman–Crippen LogP) is 4.42. The highest BCUT2D eigenvalue weighted by Crippen LogP contribution is 2.34. The van der Waals surface area contributed by atoms with Crippen LogP contribution in [-0.4, -0.2) is 50.0 Å². The molecule has 0 amide bonds. The molecular formula is C22H25BrN2O2. The van der Waals surface area contributed by atoms with E-state index in [2.05, 4.69) is 38.0 Å². The lowest BCUT2D eigenvalue weighted by molar-refractivity contribution is 0.0482. The fourth-order valence-corrected chi connectivity index (χ4v) is 4.01. The first-order chi connectivity index (χ1) is 13.3. The first-order valence-electron chi connectivity index (χ1n) is 9.62. The van der Waals surface area contributed by atoms with Crippen LogP contribution in [0.15, 0.2) is 58.0 Å². The Morgan fingerprint density at radius 2 is 1.89 bits per heavy atom. The first kappa shape index (κ1) is 18.5. The Morgan fingerprint density at radius 1 is 1.07 bits per heavy atom. The van der Waals surface area contributed by atoms with Crippen molar-refractivity contribution < 1.29 is 9.47 Å². The summed E-state index contributed by atoms with van der Waals surface area (Å²) in [4.78, 5) is 7.14. The predicted molar refractivity (Wildman–Crippen MR) is 112 cm³/mol. The van der Waals surface area contributed by atoms with E-state index in [0.29, 0.717) is 12.5 Å². The second-order valence-electron chi connectivity index (χ2n) is 7.29. The van der Waals surface area contributed by atoms with E-state index in [1.807, 2.05) is 42.6 Å². The van der Waals surface area contributed by atoms with Crippen molar-refractivity contribution >= 4 is 22.1 Å². The van der Waals surface area contributed by atoms with Gasteiger partial charge in [-0.05, 0) is 55.6 Å². The van der Waals surface area contributed by atoms with Crippen molar-refractivity contribution in [2.45, 2.75) is 18.9 Å². The van der Waals surface area contributed by atoms with E-state index in [1.54, 1.807) is 0 Å². The van der Waals surface area contributed by atoms with Crippen LogP contribution in [-0.2, 0) is 0 Å². The van der Waals surface area contributed by atoms with Gasteiger partial charge in [0.05, 0.1) is 0 Å². The molecule has 0 bridgehead atoms. The highest BCUT2D eigenvalue weighted by molar-refractivity contribution is 9.10. The molecule has 1 unspecified atom stereocenters. The minimum Gasteiger partial charge on any atom is -0.486 e. The quantitative estimate of drug-likeness (QED) is 0.660. The zero-order valence-corrected chi connectivity index (χ0v) is 17.0. The fourth-order valence-electron chi connectivity index (χ4n) is 3.67. The highest BCUT2D eigenvalue weighted by atomic mass is 79.9. The maximum absolute atomic E-state index is 6.14. The topological polar surface area (TPSA) is 34.1 Å². The molecule has 0 radical (unpaired) electrons. The third kappa shape index (κ3) is 5.11. The Bertz CT molecular complexity index is 773. The number of aliphatic imine (C=N–C) groups is 1. The molecule has 0 N–H and O–H groups in total. The van der Waals surface area contributed by atoms with Crippen molar-refractivity contribution in [3.05, 3.63) is 58.6 Å². The van der Waals surface area contributed by atoms with Gasteiger partial charge in [0.2, 0.25) is 0 Å². The van der Waals surface area contributed by atoms with Crippen LogP contribution in [0.1, 0.15) is 18.4 Å². The summed E-state index contributed by atoms with van der Waals surface area (Å²) in [6.45, 7) is 4.68. The van der Waals surface area contributed by atoms with Crippen molar-refractivity contribution in [2.75, 3.05) is 32.8 Å². The third-order valence-electron chi connectivity index (χ3n) is 5.20. The van der Waals surface area contributed by atoms with E-state index < -0.39 is 0 Å². The van der Waals surface area contributed by atoms with Crippen LogP contribution in [0.5, 0.6) is 11.5 Å². The lowest BCUT2D eigenvalue weighted by Gasteiger charge is -2.35. The molecule has 2 aromatic carbocycles. The minimum absolute atomic E-state index is 0.0967. The van der Waals surface area contributed by atoms with Gasteiger partial charge in [-0.2, -0.15) is 0 Å². The lowest BCUT2D eigenvalue weighted by Crippen LogP contribution is -2.44. The maximum Gasteiger partial charge on any atom is 0.162 e. The van der Waals surface area contributed by atoms with Crippen molar-refractivity contribution in [2.24, 2.45) is 10.9 Å². The largest absolute Gasteiger partial charge is 0.486 e. The number of ether oxygens (including phenoxy) is 2. The number of fused-ring (bicyclic) bond motifs is 1. The molecule has 1 fully saturated rings. The average molecular weight is 429 g/mol. The molecule has 0 aliphatic carbocycles. The number of likely N-dealkylation sites (tertiary alicyclic amines) is 1. The molecule has 2 heterocycles. The summed E-state index contributed by atoms with van der Waals surface area (Å²) in [5.41, 5.74) is 1.18. The summed E-state index contributed by atoms with van der Waals surface area (Å²) < 4.78 is 13.0. The van der Waals surface area contributed by atoms with Gasteiger partial charge in [0.15, 0.2) is 11.5 Å². The van der Waals surface area contributed by atoms with Gasteiger partial charge in [-0.1, -0.05) is 46.3 Å². The van der Waals surface area contributed by atoms with Crippen LogP contribution in [0, 0.1) is 5.92 Å². The van der Waals surface area contributed by atoms with Crippen molar-refractivity contribution in [3.8, 4) is 11.5 Å². The Morgan fingerprint density at radius 3 is 2.70 bits per heavy atom. The number of halogens is 1. The van der Waals surface area contributed by atoms with Gasteiger partial charge in [0, 0.05) is 23.8 Å². The first-order valence-corrected chi connectivity index (χ1v) is 10.4. The highest BCUT2D eigenvalue weighted by Gasteiger charge is 2.26. The van der Waals surface area contributed by atoms with Crippen LogP contribution in [0.25, 0.3) is 0 Å². The van der Waals surface area contributed by atoms with Gasteiger partial charge in [-0.15, -0.1) is 0 Å². The van der Waals surface area contributed by atoms with E-state index in [0.717, 1.165) is 42.2 Å². The molecule has 2 aliphatic heterocycles. The van der Waals surface area contributed by atoms with E-state index in [-0.39, 0.29) is 6.10 Å². The van der Waals surface area contributed by atoms with Crippen molar-refractivity contribution in [1.82, 2.24) is 4.90 Å². The minimum atomic E-state index is 0.0967. The Balaban J connectivity index is 1.21. The standard InChI is InChI=1S/C22H25BrN2O2/c23-19-6-7-21-22(12-19)27-20(16-26-21)15-25-10-8-18(9-11-25)14-24-13-17-4-2-1-3-5-17/h1-7,12-13,18,20H,8-11,14-16H2. The zero-order chi connectivity index (χ0) is 18.5. The summed E-state index contributed by atoms with van der Waals surface area (Å²) >= 11 is 3.49. The van der Waals surface area contributed by atoms with Crippen LogP contribution < -0.4 is 9.47 Å². The molecule has 1 saturated heterocycles. The Labute approximate surface area is 169 Å². The smallest absolute Gasteiger partial charge is 0.162 e. The van der Waals surface area contributed by atoms with E-state index in [9.17, 15) is 0 Å². The fraction of sp³-hybridized carbons (Fsp3) is 0.409. The van der Waals surface area contributed by atoms with Gasteiger partial charge in [0.25, 0.3) is 0 Å². The summed E-state index contributed by atoms with van der Waals surface area (Å²) in [7, 11) is 0. The zero-order valence-electron chi connectivity index (χ0n) is 15.4. The number of hydrogen-bond donors (Lipinski definition) is 0. The van der Waals surface area contributed by atoms with Gasteiger partial charge in [0.1, 0.15) is 12.7 Å². The SMILES string of the molecule is Brc1ccc2c(c1)OC(CN1CCC(CN=Cc3ccccc3)CC1)CO2. The number of hydrogen-bond acceptors (Lipinski definition) is 4. The second-order valence-corrected chi connectivity index (χ2v) is 8.21. The summed E-state index contributed by atoms with van der Waals surface area (Å²) in [6, 6.07) is 16.2. The summed E-state index contributed by atoms with van der Waals surface area (Å²) in [6.07, 6.45) is 4.48. The molecule has 4 nitrogen and oxygen atoms in total. The van der Waals surface area contributed by atoms with Gasteiger partial charge >= 0.3 is 0 Å². The second kappa shape index (κ2) is 8.89. The number of nitrogens with zero attached hydrogens (tertiary/aromatic N) is 2. The van der Waals surface area contributed by atoms with E-state index >= 15 is 0 Å². The molecule has 0 spiro atoms. The van der Waals surface area contributed by atoms with Crippen molar-refractivity contribution in [3.63, 3.8) is 0 Å². The van der Waals surface area contributed by atoms with Crippen LogP contribution >= 0.6 is 15.9 Å². The van der Waals surface area contributed by atoms with E-state index in [1.165, 1.54) is 18.4 Å². The molecule has 2 aliphatic rings. The number of rotatable bonds is 5. The molecule has 27 heavy (non-hydrogen) atoms. The number of piperidine rings is 1. The Hall–Kier alpha value is -1.85. The average Bonchev–Trinajstić information content (AvgIpc) is 2.70. The summed E-state index contributed by atoms with van der Waals surface area (Å²) in [5, 5.41) is 0. The normalized spacial score (nSPS) is 20.9. The number of benzene rings is 2. The van der Waals surface area contributed by atoms with Crippen LogP contribution in [0.4, 0.5) is 0 Å². The molecule has 0 aromatic heterocycles. The molecule has 0 saturated carbocycles. The van der Waals surface area contributed by atoms with E-state index in [4.69, 9.17) is 9.47 Å². The van der Waals surface area contributed by atoms with Gasteiger partial charge in [-0.3, -0.25) is 9.89 Å². The molecule has 4 rings (SSSR count).